The summed E-state index contributed by atoms with van der Waals surface area (Å²) in [6.45, 7) is 6.56. The number of aromatic nitrogens is 1. The van der Waals surface area contributed by atoms with Crippen LogP contribution in [0.1, 0.15) is 26.3 Å². The van der Waals surface area contributed by atoms with Gasteiger partial charge in [-0.1, -0.05) is 44.5 Å². The van der Waals surface area contributed by atoms with E-state index in [1.54, 1.807) is 12.3 Å². The summed E-state index contributed by atoms with van der Waals surface area (Å²) in [7, 11) is 0. The number of halogens is 1. The number of pyridine rings is 1. The predicted octanol–water partition coefficient (Wildman–Crippen LogP) is 4.36. The molecule has 19 heavy (non-hydrogen) atoms. The van der Waals surface area contributed by atoms with E-state index in [1.807, 2.05) is 12.1 Å². The molecule has 3 nitrogen and oxygen atoms in total. The molecule has 0 unspecified atom stereocenters. The van der Waals surface area contributed by atoms with Gasteiger partial charge in [-0.2, -0.15) is 0 Å². The van der Waals surface area contributed by atoms with Crippen LogP contribution in [0.3, 0.4) is 0 Å². The first-order chi connectivity index (χ1) is 8.86. The van der Waals surface area contributed by atoms with E-state index in [1.165, 1.54) is 5.56 Å². The number of nitrogens with one attached hydrogen (secondary N) is 1. The smallest absolute Gasteiger partial charge is 0.149 e. The zero-order valence-electron chi connectivity index (χ0n) is 11.4. The van der Waals surface area contributed by atoms with Gasteiger partial charge in [0.1, 0.15) is 5.82 Å². The number of hydrogen-bond acceptors (Lipinski definition) is 3. The molecule has 100 valence electrons. The van der Waals surface area contributed by atoms with Crippen LogP contribution in [0.2, 0.25) is 5.02 Å². The predicted molar refractivity (Wildman–Crippen MR) is 82.1 cm³/mol. The topological polar surface area (TPSA) is 50.9 Å². The molecular formula is C15H18ClN3. The van der Waals surface area contributed by atoms with E-state index in [4.69, 9.17) is 17.3 Å². The van der Waals surface area contributed by atoms with Crippen LogP contribution < -0.4 is 11.1 Å². The van der Waals surface area contributed by atoms with Gasteiger partial charge in [-0.25, -0.2) is 4.98 Å². The Morgan fingerprint density at radius 1 is 1.16 bits per heavy atom. The largest absolute Gasteiger partial charge is 0.397 e. The van der Waals surface area contributed by atoms with E-state index >= 15 is 0 Å². The Hall–Kier alpha value is -1.74. The van der Waals surface area contributed by atoms with Gasteiger partial charge in [0.05, 0.1) is 16.9 Å². The molecule has 0 saturated carbocycles. The molecule has 1 heterocycles. The Labute approximate surface area is 118 Å². The van der Waals surface area contributed by atoms with Gasteiger partial charge in [0.2, 0.25) is 0 Å². The number of rotatable bonds is 2. The molecule has 0 saturated heterocycles. The van der Waals surface area contributed by atoms with Crippen LogP contribution in [0.4, 0.5) is 17.2 Å². The van der Waals surface area contributed by atoms with Gasteiger partial charge in [-0.05, 0) is 29.2 Å². The molecule has 0 radical (unpaired) electrons. The number of nitrogens with two attached hydrogens (primary N) is 1. The number of benzene rings is 1. The summed E-state index contributed by atoms with van der Waals surface area (Å²) in [6, 6.07) is 9.94. The Morgan fingerprint density at radius 2 is 1.79 bits per heavy atom. The van der Waals surface area contributed by atoms with Crippen LogP contribution in [0.25, 0.3) is 0 Å². The summed E-state index contributed by atoms with van der Waals surface area (Å²) < 4.78 is 0. The highest BCUT2D eigenvalue weighted by Crippen LogP contribution is 2.27. The number of hydrogen-bond donors (Lipinski definition) is 2. The minimum Gasteiger partial charge on any atom is -0.397 e. The summed E-state index contributed by atoms with van der Waals surface area (Å²) >= 11 is 6.08. The highest BCUT2D eigenvalue weighted by Gasteiger charge is 2.13. The summed E-state index contributed by atoms with van der Waals surface area (Å²) in [5, 5.41) is 3.69. The van der Waals surface area contributed by atoms with Crippen molar-refractivity contribution < 1.29 is 0 Å². The maximum absolute atomic E-state index is 6.08. The third kappa shape index (κ3) is 3.38. The molecule has 3 N–H and O–H groups in total. The minimum absolute atomic E-state index is 0.148. The van der Waals surface area contributed by atoms with Crippen LogP contribution in [0.15, 0.2) is 36.5 Å². The lowest BCUT2D eigenvalue weighted by molar-refractivity contribution is 0.590. The first-order valence-electron chi connectivity index (χ1n) is 6.15. The Morgan fingerprint density at radius 3 is 2.32 bits per heavy atom. The van der Waals surface area contributed by atoms with Gasteiger partial charge in [0.25, 0.3) is 0 Å². The average molecular weight is 276 g/mol. The lowest BCUT2D eigenvalue weighted by Crippen LogP contribution is -2.10. The third-order valence-electron chi connectivity index (χ3n) is 2.88. The van der Waals surface area contributed by atoms with Gasteiger partial charge in [-0.3, -0.25) is 0 Å². The summed E-state index contributed by atoms with van der Waals surface area (Å²) in [5.41, 5.74) is 8.55. The highest BCUT2D eigenvalue weighted by atomic mass is 35.5. The summed E-state index contributed by atoms with van der Waals surface area (Å²) in [5.74, 6) is 0.611. The van der Waals surface area contributed by atoms with Crippen molar-refractivity contribution in [2.75, 3.05) is 11.1 Å². The fourth-order valence-electron chi connectivity index (χ4n) is 1.73. The van der Waals surface area contributed by atoms with Crippen LogP contribution >= 0.6 is 11.6 Å². The number of nitrogen functional groups attached to an aromatic ring is 1. The van der Waals surface area contributed by atoms with Crippen molar-refractivity contribution in [3.8, 4) is 0 Å². The van der Waals surface area contributed by atoms with E-state index in [2.05, 4.69) is 43.2 Å². The highest BCUT2D eigenvalue weighted by molar-refractivity contribution is 6.33. The molecule has 2 aromatic rings. The Kier molecular flexibility index (Phi) is 3.67. The first kappa shape index (κ1) is 13.7. The van der Waals surface area contributed by atoms with Crippen molar-refractivity contribution in [3.63, 3.8) is 0 Å². The van der Waals surface area contributed by atoms with E-state index in [9.17, 15) is 0 Å². The van der Waals surface area contributed by atoms with Crippen LogP contribution in [-0.4, -0.2) is 4.98 Å². The van der Waals surface area contributed by atoms with Gasteiger partial charge < -0.3 is 11.1 Å². The zero-order chi connectivity index (χ0) is 14.0. The van der Waals surface area contributed by atoms with E-state index in [-0.39, 0.29) is 5.41 Å². The molecular weight excluding hydrogens is 258 g/mol. The molecule has 0 aliphatic carbocycles. The van der Waals surface area contributed by atoms with Crippen LogP contribution in [-0.2, 0) is 5.41 Å². The van der Waals surface area contributed by atoms with Gasteiger partial charge in [0, 0.05) is 5.69 Å². The molecule has 0 amide bonds. The van der Waals surface area contributed by atoms with Crippen LogP contribution in [0.5, 0.6) is 0 Å². The van der Waals surface area contributed by atoms with Crippen molar-refractivity contribution in [2.24, 2.45) is 0 Å². The van der Waals surface area contributed by atoms with Gasteiger partial charge >= 0.3 is 0 Å². The van der Waals surface area contributed by atoms with Crippen molar-refractivity contribution in [2.45, 2.75) is 26.2 Å². The molecule has 0 bridgehead atoms. The van der Waals surface area contributed by atoms with E-state index in [0.717, 1.165) is 5.69 Å². The number of anilines is 3. The van der Waals surface area contributed by atoms with Gasteiger partial charge in [-0.15, -0.1) is 0 Å². The summed E-state index contributed by atoms with van der Waals surface area (Å²) in [6.07, 6.45) is 1.58. The quantitative estimate of drug-likeness (QED) is 0.856. The standard InChI is InChI=1S/C15H18ClN3/c1-15(2,3)10-4-6-12(7-5-10)19-14-13(16)8-11(17)9-18-14/h4-9H,17H2,1-3H3,(H,18,19). The fourth-order valence-corrected chi connectivity index (χ4v) is 1.96. The van der Waals surface area contributed by atoms with Crippen molar-refractivity contribution in [1.29, 1.82) is 0 Å². The first-order valence-corrected chi connectivity index (χ1v) is 6.52. The normalized spacial score (nSPS) is 11.4. The lowest BCUT2D eigenvalue weighted by atomic mass is 9.87. The van der Waals surface area contributed by atoms with Crippen molar-refractivity contribution >= 4 is 28.8 Å². The van der Waals surface area contributed by atoms with E-state index in [0.29, 0.717) is 16.5 Å². The molecule has 2 rings (SSSR count). The molecule has 1 aromatic heterocycles. The zero-order valence-corrected chi connectivity index (χ0v) is 12.1. The molecule has 4 heteroatoms. The average Bonchev–Trinajstić information content (AvgIpc) is 2.32. The Bertz CT molecular complexity index is 571. The second-order valence-corrected chi connectivity index (χ2v) is 5.96. The SMILES string of the molecule is CC(C)(C)c1ccc(Nc2ncc(N)cc2Cl)cc1. The van der Waals surface area contributed by atoms with E-state index < -0.39 is 0 Å². The molecule has 0 spiro atoms. The van der Waals surface area contributed by atoms with Crippen LogP contribution in [0, 0.1) is 0 Å². The van der Waals surface area contributed by atoms with Crippen molar-refractivity contribution in [1.82, 2.24) is 4.98 Å². The molecule has 0 atom stereocenters. The lowest BCUT2D eigenvalue weighted by Gasteiger charge is -2.19. The van der Waals surface area contributed by atoms with Crippen molar-refractivity contribution in [3.05, 3.63) is 47.1 Å². The fraction of sp³-hybridized carbons (Fsp3) is 0.267. The second kappa shape index (κ2) is 5.10. The molecule has 0 aliphatic heterocycles. The molecule has 0 aliphatic rings. The third-order valence-corrected chi connectivity index (χ3v) is 3.16. The maximum Gasteiger partial charge on any atom is 0.149 e. The maximum atomic E-state index is 6.08. The monoisotopic (exact) mass is 275 g/mol. The number of nitrogens with zero attached hydrogens (tertiary/aromatic N) is 1. The minimum atomic E-state index is 0.148. The molecule has 1 aromatic carbocycles. The Balaban J connectivity index is 2.20. The summed E-state index contributed by atoms with van der Waals surface area (Å²) in [4.78, 5) is 4.18. The second-order valence-electron chi connectivity index (χ2n) is 5.55. The molecule has 0 fully saturated rings. The van der Waals surface area contributed by atoms with Gasteiger partial charge in [0.15, 0.2) is 0 Å².